The number of benzene rings is 1. The fourth-order valence-electron chi connectivity index (χ4n) is 2.34. The van der Waals surface area contributed by atoms with Crippen molar-refractivity contribution in [2.45, 2.75) is 19.4 Å². The third-order valence-electron chi connectivity index (χ3n) is 3.52. The third-order valence-corrected chi connectivity index (χ3v) is 3.76. The zero-order chi connectivity index (χ0) is 17.6. The quantitative estimate of drug-likeness (QED) is 0.731. The van der Waals surface area contributed by atoms with Crippen LogP contribution in [0.3, 0.4) is 0 Å². The van der Waals surface area contributed by atoms with Crippen molar-refractivity contribution >= 4 is 23.2 Å². The highest BCUT2D eigenvalue weighted by Gasteiger charge is 2.07. The minimum Gasteiger partial charge on any atom is -0.463 e. The van der Waals surface area contributed by atoms with Crippen LogP contribution in [0.25, 0.3) is 11.5 Å². The molecule has 3 aromatic rings. The number of amides is 1. The van der Waals surface area contributed by atoms with Crippen LogP contribution in [0.1, 0.15) is 12.8 Å². The van der Waals surface area contributed by atoms with Crippen LogP contribution in [0.2, 0.25) is 5.02 Å². The summed E-state index contributed by atoms with van der Waals surface area (Å²) in [5.41, 5.74) is 1.01. The van der Waals surface area contributed by atoms with Gasteiger partial charge >= 0.3 is 0 Å². The largest absolute Gasteiger partial charge is 0.463 e. The van der Waals surface area contributed by atoms with Crippen molar-refractivity contribution in [1.29, 1.82) is 0 Å². The Morgan fingerprint density at radius 3 is 2.84 bits per heavy atom. The summed E-state index contributed by atoms with van der Waals surface area (Å²) in [4.78, 5) is 23.9. The highest BCUT2D eigenvalue weighted by molar-refractivity contribution is 6.30. The van der Waals surface area contributed by atoms with Gasteiger partial charge in [0, 0.05) is 29.7 Å². The van der Waals surface area contributed by atoms with Gasteiger partial charge in [-0.2, -0.15) is 5.10 Å². The molecule has 0 aliphatic rings. The maximum absolute atomic E-state index is 12.0. The normalized spacial score (nSPS) is 10.6. The molecule has 2 heterocycles. The van der Waals surface area contributed by atoms with E-state index in [1.54, 1.807) is 48.7 Å². The molecule has 0 radical (unpaired) electrons. The van der Waals surface area contributed by atoms with Gasteiger partial charge in [-0.1, -0.05) is 17.7 Å². The Bertz CT molecular complexity index is 919. The molecule has 3 rings (SSSR count). The minimum absolute atomic E-state index is 0.141. The Morgan fingerprint density at radius 1 is 1.20 bits per heavy atom. The second-order valence-electron chi connectivity index (χ2n) is 5.42. The summed E-state index contributed by atoms with van der Waals surface area (Å²) in [5, 5.41) is 7.60. The first-order valence-corrected chi connectivity index (χ1v) is 8.17. The van der Waals surface area contributed by atoms with Gasteiger partial charge < -0.3 is 9.73 Å². The Kier molecular flexibility index (Phi) is 5.30. The fraction of sp³-hybridized carbons (Fsp3) is 0.167. The highest BCUT2D eigenvalue weighted by Crippen LogP contribution is 2.16. The molecule has 0 atom stereocenters. The molecule has 0 unspecified atom stereocenters. The van der Waals surface area contributed by atoms with E-state index in [1.807, 2.05) is 0 Å². The van der Waals surface area contributed by atoms with E-state index < -0.39 is 0 Å². The molecule has 0 saturated heterocycles. The predicted molar refractivity (Wildman–Crippen MR) is 95.5 cm³/mol. The van der Waals surface area contributed by atoms with Crippen LogP contribution < -0.4 is 10.9 Å². The molecule has 0 bridgehead atoms. The molecule has 1 amide bonds. The Labute approximate surface area is 149 Å². The molecule has 6 nitrogen and oxygen atoms in total. The third kappa shape index (κ3) is 4.58. The predicted octanol–water partition coefficient (Wildman–Crippen LogP) is 3.58. The summed E-state index contributed by atoms with van der Waals surface area (Å²) >= 11 is 5.88. The van der Waals surface area contributed by atoms with Gasteiger partial charge in [0.15, 0.2) is 5.76 Å². The summed E-state index contributed by atoms with van der Waals surface area (Å²) in [6.45, 7) is 0.344. The number of rotatable bonds is 6. The van der Waals surface area contributed by atoms with Crippen LogP contribution in [0, 0.1) is 0 Å². The van der Waals surface area contributed by atoms with Gasteiger partial charge in [0.1, 0.15) is 5.69 Å². The lowest BCUT2D eigenvalue weighted by molar-refractivity contribution is -0.116. The second kappa shape index (κ2) is 7.81. The summed E-state index contributed by atoms with van der Waals surface area (Å²) < 4.78 is 6.62. The molecule has 0 saturated carbocycles. The molecule has 25 heavy (non-hydrogen) atoms. The van der Waals surface area contributed by atoms with E-state index in [0.29, 0.717) is 35.1 Å². The van der Waals surface area contributed by atoms with Crippen LogP contribution in [-0.4, -0.2) is 15.7 Å². The Hall–Kier alpha value is -2.86. The van der Waals surface area contributed by atoms with E-state index in [2.05, 4.69) is 10.4 Å². The van der Waals surface area contributed by atoms with Crippen molar-refractivity contribution in [3.63, 3.8) is 0 Å². The lowest BCUT2D eigenvalue weighted by Gasteiger charge is -2.07. The molecule has 2 aromatic heterocycles. The number of carbonyl (C=O) groups excluding carboxylic acids is 1. The molecule has 1 aromatic carbocycles. The van der Waals surface area contributed by atoms with Crippen molar-refractivity contribution in [3.05, 3.63) is 70.2 Å². The van der Waals surface area contributed by atoms with Gasteiger partial charge in [-0.15, -0.1) is 0 Å². The maximum Gasteiger partial charge on any atom is 0.266 e. The zero-order valence-electron chi connectivity index (χ0n) is 13.3. The molecular formula is C18H16ClN3O3. The summed E-state index contributed by atoms with van der Waals surface area (Å²) in [7, 11) is 0. The van der Waals surface area contributed by atoms with E-state index in [-0.39, 0.29) is 17.9 Å². The van der Waals surface area contributed by atoms with E-state index in [0.717, 1.165) is 0 Å². The summed E-state index contributed by atoms with van der Waals surface area (Å²) in [5.74, 6) is 0.449. The van der Waals surface area contributed by atoms with Crippen molar-refractivity contribution in [2.75, 3.05) is 5.32 Å². The van der Waals surface area contributed by atoms with Gasteiger partial charge in [0.25, 0.3) is 5.56 Å². The van der Waals surface area contributed by atoms with Crippen LogP contribution in [0.15, 0.2) is 64.0 Å². The highest BCUT2D eigenvalue weighted by atomic mass is 35.5. The SMILES string of the molecule is O=C(CCCn1nc(-c2ccco2)ccc1=O)Nc1cccc(Cl)c1. The first-order chi connectivity index (χ1) is 12.1. The van der Waals surface area contributed by atoms with Gasteiger partial charge in [-0.05, 0) is 42.8 Å². The van der Waals surface area contributed by atoms with Gasteiger partial charge in [-0.3, -0.25) is 9.59 Å². The number of furan rings is 1. The molecule has 0 aliphatic heterocycles. The standard InChI is InChI=1S/C18H16ClN3O3/c19-13-4-1-5-14(12-13)20-17(23)7-2-10-22-18(24)9-8-15(21-22)16-6-3-11-25-16/h1,3-6,8-9,11-12H,2,7,10H2,(H,20,23). The number of aryl methyl sites for hydroxylation is 1. The molecule has 128 valence electrons. The number of halogens is 1. The van der Waals surface area contributed by atoms with Gasteiger partial charge in [0.05, 0.1) is 6.26 Å². The molecule has 1 N–H and O–H groups in total. The smallest absolute Gasteiger partial charge is 0.266 e. The van der Waals surface area contributed by atoms with Crippen LogP contribution in [-0.2, 0) is 11.3 Å². The average molecular weight is 358 g/mol. The fourth-order valence-corrected chi connectivity index (χ4v) is 2.53. The minimum atomic E-state index is -0.217. The molecular weight excluding hydrogens is 342 g/mol. The second-order valence-corrected chi connectivity index (χ2v) is 5.86. The number of nitrogens with one attached hydrogen (secondary N) is 1. The zero-order valence-corrected chi connectivity index (χ0v) is 14.1. The molecule has 0 aliphatic carbocycles. The van der Waals surface area contributed by atoms with Gasteiger partial charge in [-0.25, -0.2) is 4.68 Å². The van der Waals surface area contributed by atoms with Crippen LogP contribution >= 0.6 is 11.6 Å². The maximum atomic E-state index is 12.0. The Morgan fingerprint density at radius 2 is 2.08 bits per heavy atom. The molecule has 0 spiro atoms. The molecule has 7 heteroatoms. The lowest BCUT2D eigenvalue weighted by atomic mass is 10.2. The van der Waals surface area contributed by atoms with E-state index in [9.17, 15) is 9.59 Å². The van der Waals surface area contributed by atoms with Crippen molar-refractivity contribution < 1.29 is 9.21 Å². The number of carbonyl (C=O) groups is 1. The van der Waals surface area contributed by atoms with E-state index >= 15 is 0 Å². The number of hydrogen-bond donors (Lipinski definition) is 1. The molecule has 0 fully saturated rings. The average Bonchev–Trinajstić information content (AvgIpc) is 3.11. The number of nitrogens with zero attached hydrogens (tertiary/aromatic N) is 2. The van der Waals surface area contributed by atoms with Crippen molar-refractivity contribution in [2.24, 2.45) is 0 Å². The van der Waals surface area contributed by atoms with E-state index in [4.69, 9.17) is 16.0 Å². The Balaban J connectivity index is 1.57. The number of anilines is 1. The monoisotopic (exact) mass is 357 g/mol. The lowest BCUT2D eigenvalue weighted by Crippen LogP contribution is -2.23. The first kappa shape index (κ1) is 17.0. The first-order valence-electron chi connectivity index (χ1n) is 7.79. The van der Waals surface area contributed by atoms with Crippen molar-refractivity contribution in [1.82, 2.24) is 9.78 Å². The van der Waals surface area contributed by atoms with E-state index in [1.165, 1.54) is 10.7 Å². The number of aromatic nitrogens is 2. The number of hydrogen-bond acceptors (Lipinski definition) is 4. The van der Waals surface area contributed by atoms with Crippen LogP contribution in [0.5, 0.6) is 0 Å². The van der Waals surface area contributed by atoms with Crippen molar-refractivity contribution in [3.8, 4) is 11.5 Å². The topological polar surface area (TPSA) is 77.1 Å². The van der Waals surface area contributed by atoms with Gasteiger partial charge in [0.2, 0.25) is 5.91 Å². The summed E-state index contributed by atoms with van der Waals surface area (Å²) in [6.07, 6.45) is 2.30. The summed E-state index contributed by atoms with van der Waals surface area (Å²) in [6, 6.07) is 13.5. The van der Waals surface area contributed by atoms with Crippen LogP contribution in [0.4, 0.5) is 5.69 Å².